The Bertz CT molecular complexity index is 577. The number of unbranched alkanes of at least 4 members (excludes halogenated alkanes) is 3. The lowest BCUT2D eigenvalue weighted by molar-refractivity contribution is -0.137. The first-order chi connectivity index (χ1) is 11.0. The van der Waals surface area contributed by atoms with Gasteiger partial charge in [0.05, 0.1) is 10.0 Å². The Labute approximate surface area is 146 Å². The molecule has 0 bridgehead atoms. The summed E-state index contributed by atoms with van der Waals surface area (Å²) in [7, 11) is 0. The van der Waals surface area contributed by atoms with Crippen LogP contribution in [0.5, 0.6) is 0 Å². The molecule has 0 aromatic heterocycles. The third-order valence-electron chi connectivity index (χ3n) is 4.12. The van der Waals surface area contributed by atoms with Crippen LogP contribution in [0.1, 0.15) is 50.0 Å². The van der Waals surface area contributed by atoms with Gasteiger partial charge in [-0.1, -0.05) is 42.1 Å². The molecule has 4 nitrogen and oxygen atoms in total. The number of hydrogen-bond donors (Lipinski definition) is 2. The molecule has 6 heteroatoms. The number of carboxylic acid groups (broad SMARTS) is 1. The summed E-state index contributed by atoms with van der Waals surface area (Å²) in [6, 6.07) is 5.53. The van der Waals surface area contributed by atoms with E-state index in [2.05, 4.69) is 5.32 Å². The van der Waals surface area contributed by atoms with Gasteiger partial charge in [-0.25, -0.2) is 0 Å². The largest absolute Gasteiger partial charge is 0.481 e. The van der Waals surface area contributed by atoms with Crippen molar-refractivity contribution in [3.8, 4) is 0 Å². The van der Waals surface area contributed by atoms with Gasteiger partial charge in [-0.05, 0) is 42.9 Å². The van der Waals surface area contributed by atoms with Crippen molar-refractivity contribution in [1.82, 2.24) is 5.32 Å². The third-order valence-corrected chi connectivity index (χ3v) is 4.85. The normalized spacial score (nSPS) is 19.4. The minimum atomic E-state index is -0.750. The molecule has 1 saturated carbocycles. The number of amides is 1. The van der Waals surface area contributed by atoms with Crippen LogP contribution in [0.4, 0.5) is 0 Å². The summed E-state index contributed by atoms with van der Waals surface area (Å²) in [4.78, 5) is 22.4. The van der Waals surface area contributed by atoms with E-state index in [1.807, 2.05) is 12.1 Å². The quantitative estimate of drug-likeness (QED) is 0.649. The molecule has 126 valence electrons. The van der Waals surface area contributed by atoms with E-state index < -0.39 is 5.97 Å². The molecule has 1 amide bonds. The summed E-state index contributed by atoms with van der Waals surface area (Å²) >= 11 is 11.9. The Morgan fingerprint density at radius 1 is 1.13 bits per heavy atom. The number of halogens is 2. The number of benzene rings is 1. The summed E-state index contributed by atoms with van der Waals surface area (Å²) in [6.45, 7) is 0.649. The van der Waals surface area contributed by atoms with E-state index in [-0.39, 0.29) is 24.2 Å². The number of carbonyl (C=O) groups is 2. The van der Waals surface area contributed by atoms with E-state index in [0.29, 0.717) is 23.0 Å². The van der Waals surface area contributed by atoms with Gasteiger partial charge in [-0.2, -0.15) is 0 Å². The Hall–Kier alpha value is -1.26. The van der Waals surface area contributed by atoms with Crippen LogP contribution in [0.2, 0.25) is 10.0 Å². The molecule has 0 heterocycles. The molecule has 1 aliphatic carbocycles. The predicted octanol–water partition coefficient (Wildman–Crippen LogP) is 4.25. The van der Waals surface area contributed by atoms with Gasteiger partial charge in [0.15, 0.2) is 0 Å². The van der Waals surface area contributed by atoms with Gasteiger partial charge in [0.2, 0.25) is 5.91 Å². The van der Waals surface area contributed by atoms with Gasteiger partial charge in [0, 0.05) is 18.9 Å². The highest BCUT2D eigenvalue weighted by molar-refractivity contribution is 6.42. The third kappa shape index (κ3) is 5.70. The van der Waals surface area contributed by atoms with Crippen molar-refractivity contribution < 1.29 is 14.7 Å². The zero-order valence-electron chi connectivity index (χ0n) is 12.9. The van der Waals surface area contributed by atoms with Gasteiger partial charge < -0.3 is 10.4 Å². The number of nitrogens with one attached hydrogen (secondary N) is 1. The number of carbonyl (C=O) groups excluding carboxylic acids is 1. The molecule has 1 fully saturated rings. The minimum Gasteiger partial charge on any atom is -0.481 e. The molecule has 23 heavy (non-hydrogen) atoms. The van der Waals surface area contributed by atoms with E-state index in [4.69, 9.17) is 28.3 Å². The fourth-order valence-electron chi connectivity index (χ4n) is 2.69. The fraction of sp³-hybridized carbons (Fsp3) is 0.529. The Morgan fingerprint density at radius 3 is 2.57 bits per heavy atom. The number of hydrogen-bond acceptors (Lipinski definition) is 2. The average Bonchev–Trinajstić information content (AvgIpc) is 3.29. The van der Waals surface area contributed by atoms with Crippen molar-refractivity contribution >= 4 is 35.1 Å². The second-order valence-corrected chi connectivity index (χ2v) is 6.79. The van der Waals surface area contributed by atoms with Crippen LogP contribution in [0, 0.1) is 5.92 Å². The highest BCUT2D eigenvalue weighted by atomic mass is 35.5. The van der Waals surface area contributed by atoms with Crippen LogP contribution in [-0.4, -0.2) is 23.5 Å². The second kappa shape index (κ2) is 8.55. The summed E-state index contributed by atoms with van der Waals surface area (Å²) in [5, 5.41) is 12.5. The lowest BCUT2D eigenvalue weighted by Crippen LogP contribution is -2.26. The first-order valence-electron chi connectivity index (χ1n) is 7.93. The van der Waals surface area contributed by atoms with Crippen molar-refractivity contribution in [2.75, 3.05) is 6.54 Å². The number of aliphatic carboxylic acids is 1. The summed E-state index contributed by atoms with van der Waals surface area (Å²) in [5.41, 5.74) is 1.06. The van der Waals surface area contributed by atoms with Crippen LogP contribution in [0.3, 0.4) is 0 Å². The number of carboxylic acids is 1. The van der Waals surface area contributed by atoms with Gasteiger partial charge in [-0.3, -0.25) is 9.59 Å². The predicted molar refractivity (Wildman–Crippen MR) is 91.0 cm³/mol. The van der Waals surface area contributed by atoms with Gasteiger partial charge in [-0.15, -0.1) is 0 Å². The average molecular weight is 358 g/mol. The van der Waals surface area contributed by atoms with Crippen LogP contribution in [-0.2, 0) is 9.59 Å². The smallest absolute Gasteiger partial charge is 0.303 e. The fourth-order valence-corrected chi connectivity index (χ4v) is 3.00. The number of rotatable bonds is 9. The van der Waals surface area contributed by atoms with Crippen LogP contribution >= 0.6 is 23.2 Å². The Balaban J connectivity index is 1.62. The Kier molecular flexibility index (Phi) is 6.72. The molecule has 2 N–H and O–H groups in total. The second-order valence-electron chi connectivity index (χ2n) is 5.97. The zero-order chi connectivity index (χ0) is 16.8. The molecule has 2 atom stereocenters. The standard InChI is InChI=1S/C17H21Cl2NO3/c18-14-7-6-11(9-15(14)19)12-10-13(12)17(23)20-8-4-2-1-3-5-16(21)22/h6-7,9,12-13H,1-5,8,10H2,(H,20,23)(H,21,22). The maximum atomic E-state index is 12.1. The molecular formula is C17H21Cl2NO3. The summed E-state index contributed by atoms with van der Waals surface area (Å²) < 4.78 is 0. The van der Waals surface area contributed by atoms with Crippen molar-refractivity contribution in [2.24, 2.45) is 5.92 Å². The van der Waals surface area contributed by atoms with E-state index in [1.54, 1.807) is 6.07 Å². The van der Waals surface area contributed by atoms with Crippen molar-refractivity contribution in [3.05, 3.63) is 33.8 Å². The zero-order valence-corrected chi connectivity index (χ0v) is 14.4. The highest BCUT2D eigenvalue weighted by Crippen LogP contribution is 2.48. The maximum Gasteiger partial charge on any atom is 0.303 e. The molecule has 2 rings (SSSR count). The van der Waals surface area contributed by atoms with Gasteiger partial charge in [0.25, 0.3) is 0 Å². The molecule has 1 aromatic carbocycles. The van der Waals surface area contributed by atoms with E-state index in [9.17, 15) is 9.59 Å². The van der Waals surface area contributed by atoms with Gasteiger partial charge >= 0.3 is 5.97 Å². The summed E-state index contributed by atoms with van der Waals surface area (Å²) in [5.74, 6) is -0.397. The van der Waals surface area contributed by atoms with Crippen molar-refractivity contribution in [3.63, 3.8) is 0 Å². The molecule has 0 saturated heterocycles. The molecule has 0 radical (unpaired) electrons. The minimum absolute atomic E-state index is 0.0271. The van der Waals surface area contributed by atoms with Crippen molar-refractivity contribution in [2.45, 2.75) is 44.4 Å². The maximum absolute atomic E-state index is 12.1. The SMILES string of the molecule is O=C(O)CCCCCCNC(=O)C1CC1c1ccc(Cl)c(Cl)c1. The molecule has 1 aromatic rings. The molecular weight excluding hydrogens is 337 g/mol. The lowest BCUT2D eigenvalue weighted by Gasteiger charge is -2.06. The topological polar surface area (TPSA) is 66.4 Å². The summed E-state index contributed by atoms with van der Waals surface area (Å²) in [6.07, 6.45) is 4.48. The van der Waals surface area contributed by atoms with Crippen molar-refractivity contribution in [1.29, 1.82) is 0 Å². The van der Waals surface area contributed by atoms with E-state index in [0.717, 1.165) is 31.2 Å². The molecule has 0 spiro atoms. The molecule has 0 aliphatic heterocycles. The van der Waals surface area contributed by atoms with Crippen LogP contribution in [0.15, 0.2) is 18.2 Å². The Morgan fingerprint density at radius 2 is 1.87 bits per heavy atom. The van der Waals surface area contributed by atoms with E-state index >= 15 is 0 Å². The van der Waals surface area contributed by atoms with E-state index in [1.165, 1.54) is 0 Å². The van der Waals surface area contributed by atoms with Gasteiger partial charge in [0.1, 0.15) is 0 Å². The van der Waals surface area contributed by atoms with Crippen LogP contribution in [0.25, 0.3) is 0 Å². The monoisotopic (exact) mass is 357 g/mol. The molecule has 1 aliphatic rings. The first kappa shape index (κ1) is 18.1. The lowest BCUT2D eigenvalue weighted by atomic mass is 10.1. The van der Waals surface area contributed by atoms with Crippen LogP contribution < -0.4 is 5.32 Å². The molecule has 2 unspecified atom stereocenters. The first-order valence-corrected chi connectivity index (χ1v) is 8.69. The highest BCUT2D eigenvalue weighted by Gasteiger charge is 2.43.